The average Bonchev–Trinajstić information content (AvgIpc) is 3.85. The highest BCUT2D eigenvalue weighted by molar-refractivity contribution is 6.00. The standard InChI is InChI=1S/C36H47FN6O9/c1-4-50-31(45)11-10-25(34(47)41-15-17-42(18-16-41)36(49)51-5-2)39-33(46)27-21-29(32-24(37)19-23(3)20-26(32)38-27)52-22-30(44)43-14-8-9-28(43)35(48)40-12-6-7-13-40/h19-21,25,28H,4-18,22H2,1-3H3,(H,39,46). The lowest BCUT2D eigenvalue weighted by Crippen LogP contribution is -2.56. The Morgan fingerprint density at radius 1 is 0.885 bits per heavy atom. The maximum Gasteiger partial charge on any atom is 0.409 e. The molecular formula is C36H47FN6O9. The lowest BCUT2D eigenvalue weighted by Gasteiger charge is -2.36. The molecule has 1 aromatic carbocycles. The van der Waals surface area contributed by atoms with Crippen molar-refractivity contribution in [2.24, 2.45) is 0 Å². The van der Waals surface area contributed by atoms with Crippen molar-refractivity contribution in [1.29, 1.82) is 0 Å². The van der Waals surface area contributed by atoms with Crippen LogP contribution in [-0.2, 0) is 28.7 Å². The molecule has 15 nitrogen and oxygen atoms in total. The normalized spacial score (nSPS) is 18.0. The quantitative estimate of drug-likeness (QED) is 0.321. The Hall–Kier alpha value is -5.02. The fourth-order valence-corrected chi connectivity index (χ4v) is 6.87. The number of rotatable bonds is 12. The van der Waals surface area contributed by atoms with E-state index in [1.165, 1.54) is 26.8 Å². The van der Waals surface area contributed by atoms with Gasteiger partial charge in [-0.2, -0.15) is 0 Å². The SMILES string of the molecule is CCOC(=O)CCC(NC(=O)c1cc(OCC(=O)N2CCCC2C(=O)N2CCCC2)c2c(F)cc(C)cc2n1)C(=O)N1CCN(C(=O)OCC)CC1. The van der Waals surface area contributed by atoms with Crippen LogP contribution in [0.15, 0.2) is 18.2 Å². The molecule has 3 saturated heterocycles. The van der Waals surface area contributed by atoms with E-state index < -0.39 is 54.3 Å². The molecule has 3 aliphatic heterocycles. The van der Waals surface area contributed by atoms with Gasteiger partial charge in [0.15, 0.2) is 6.61 Å². The summed E-state index contributed by atoms with van der Waals surface area (Å²) in [5.74, 6) is -3.08. The lowest BCUT2D eigenvalue weighted by atomic mass is 10.1. The molecule has 4 heterocycles. The number of fused-ring (bicyclic) bond motifs is 1. The van der Waals surface area contributed by atoms with Crippen molar-refractivity contribution >= 4 is 46.6 Å². The number of piperazine rings is 1. The number of nitrogens with one attached hydrogen (secondary N) is 1. The molecule has 0 aliphatic carbocycles. The molecule has 0 saturated carbocycles. The first-order chi connectivity index (χ1) is 25.0. The molecule has 2 atom stereocenters. The van der Waals surface area contributed by atoms with Gasteiger partial charge in [0.05, 0.1) is 24.1 Å². The minimum atomic E-state index is -1.16. The summed E-state index contributed by atoms with van der Waals surface area (Å²) < 4.78 is 31.4. The van der Waals surface area contributed by atoms with Gasteiger partial charge >= 0.3 is 12.1 Å². The van der Waals surface area contributed by atoms with Crippen LogP contribution in [0.3, 0.4) is 0 Å². The number of aromatic nitrogens is 1. The molecule has 3 aliphatic rings. The molecule has 2 aromatic rings. The third kappa shape index (κ3) is 9.06. The van der Waals surface area contributed by atoms with E-state index in [2.05, 4.69) is 10.3 Å². The molecule has 5 amide bonds. The van der Waals surface area contributed by atoms with Crippen molar-refractivity contribution in [3.8, 4) is 5.75 Å². The van der Waals surface area contributed by atoms with Crippen molar-refractivity contribution in [1.82, 2.24) is 29.9 Å². The number of hydrogen-bond acceptors (Lipinski definition) is 10. The lowest BCUT2D eigenvalue weighted by molar-refractivity contribution is -0.144. The number of nitrogens with zero attached hydrogens (tertiary/aromatic N) is 5. The van der Waals surface area contributed by atoms with Gasteiger partial charge in [-0.15, -0.1) is 0 Å². The van der Waals surface area contributed by atoms with Crippen molar-refractivity contribution in [2.45, 2.75) is 71.4 Å². The van der Waals surface area contributed by atoms with Crippen LogP contribution >= 0.6 is 0 Å². The summed E-state index contributed by atoms with van der Waals surface area (Å²) in [6.45, 7) is 7.44. The minimum Gasteiger partial charge on any atom is -0.483 e. The van der Waals surface area contributed by atoms with Crippen LogP contribution in [0.2, 0.25) is 0 Å². The maximum absolute atomic E-state index is 15.4. The molecule has 0 radical (unpaired) electrons. The van der Waals surface area contributed by atoms with E-state index in [-0.39, 0.29) is 80.5 Å². The molecular weight excluding hydrogens is 679 g/mol. The van der Waals surface area contributed by atoms with Gasteiger partial charge in [-0.1, -0.05) is 0 Å². The van der Waals surface area contributed by atoms with Gasteiger partial charge in [-0.05, 0) is 70.6 Å². The van der Waals surface area contributed by atoms with Crippen LogP contribution < -0.4 is 10.1 Å². The Bertz CT molecular complexity index is 1680. The first kappa shape index (κ1) is 38.2. The van der Waals surface area contributed by atoms with E-state index in [1.54, 1.807) is 31.7 Å². The zero-order chi connectivity index (χ0) is 37.4. The van der Waals surface area contributed by atoms with E-state index >= 15 is 4.39 Å². The van der Waals surface area contributed by atoms with Gasteiger partial charge in [0, 0.05) is 58.3 Å². The number of ether oxygens (including phenoxy) is 3. The Balaban J connectivity index is 1.34. The number of likely N-dealkylation sites (tertiary alicyclic amines) is 2. The fraction of sp³-hybridized carbons (Fsp3) is 0.583. The van der Waals surface area contributed by atoms with Gasteiger partial charge in [0.1, 0.15) is 29.3 Å². The molecule has 3 fully saturated rings. The highest BCUT2D eigenvalue weighted by atomic mass is 19.1. The largest absolute Gasteiger partial charge is 0.483 e. The second kappa shape index (κ2) is 17.5. The monoisotopic (exact) mass is 726 g/mol. The molecule has 5 rings (SSSR count). The molecule has 52 heavy (non-hydrogen) atoms. The van der Waals surface area contributed by atoms with Crippen LogP contribution in [0.4, 0.5) is 9.18 Å². The number of carbonyl (C=O) groups is 6. The highest BCUT2D eigenvalue weighted by Gasteiger charge is 2.37. The number of carbonyl (C=O) groups excluding carboxylic acids is 6. The number of aryl methyl sites for hydroxylation is 1. The van der Waals surface area contributed by atoms with E-state index in [1.807, 2.05) is 0 Å². The summed E-state index contributed by atoms with van der Waals surface area (Å²) in [6, 6.07) is 2.33. The van der Waals surface area contributed by atoms with Crippen LogP contribution in [0.5, 0.6) is 5.75 Å². The summed E-state index contributed by atoms with van der Waals surface area (Å²) >= 11 is 0. The average molecular weight is 727 g/mol. The maximum atomic E-state index is 15.4. The van der Waals surface area contributed by atoms with Crippen LogP contribution in [0.1, 0.15) is 68.4 Å². The number of pyridine rings is 1. The smallest absolute Gasteiger partial charge is 0.409 e. The fourth-order valence-electron chi connectivity index (χ4n) is 6.87. The second-order valence-electron chi connectivity index (χ2n) is 13.1. The molecule has 1 N–H and O–H groups in total. The zero-order valence-corrected chi connectivity index (χ0v) is 30.0. The molecule has 1 aromatic heterocycles. The highest BCUT2D eigenvalue weighted by Crippen LogP contribution is 2.30. The Morgan fingerprint density at radius 2 is 1.58 bits per heavy atom. The van der Waals surface area contributed by atoms with Crippen LogP contribution in [-0.4, -0.2) is 138 Å². The van der Waals surface area contributed by atoms with Gasteiger partial charge in [-0.3, -0.25) is 24.0 Å². The van der Waals surface area contributed by atoms with Crippen LogP contribution in [0.25, 0.3) is 10.9 Å². The zero-order valence-electron chi connectivity index (χ0n) is 30.0. The van der Waals surface area contributed by atoms with Gasteiger partial charge < -0.3 is 39.1 Å². The van der Waals surface area contributed by atoms with Crippen molar-refractivity contribution in [2.75, 3.05) is 65.6 Å². The molecule has 2 unspecified atom stereocenters. The third-order valence-electron chi connectivity index (χ3n) is 9.49. The van der Waals surface area contributed by atoms with E-state index in [0.29, 0.717) is 38.0 Å². The van der Waals surface area contributed by atoms with Crippen molar-refractivity contribution < 1.29 is 47.4 Å². The van der Waals surface area contributed by atoms with Crippen molar-refractivity contribution in [3.63, 3.8) is 0 Å². The third-order valence-corrected chi connectivity index (χ3v) is 9.49. The van der Waals surface area contributed by atoms with Crippen molar-refractivity contribution in [3.05, 3.63) is 35.3 Å². The number of hydrogen-bond donors (Lipinski definition) is 1. The Labute approximate surface area is 301 Å². The second-order valence-corrected chi connectivity index (χ2v) is 13.1. The predicted octanol–water partition coefficient (Wildman–Crippen LogP) is 2.42. The molecule has 282 valence electrons. The molecule has 0 bridgehead atoms. The summed E-state index contributed by atoms with van der Waals surface area (Å²) in [5.41, 5.74) is 0.423. The topological polar surface area (TPSA) is 168 Å². The van der Waals surface area contributed by atoms with Crippen LogP contribution in [0, 0.1) is 12.7 Å². The van der Waals surface area contributed by atoms with Gasteiger partial charge in [-0.25, -0.2) is 14.2 Å². The number of esters is 1. The summed E-state index contributed by atoms with van der Waals surface area (Å²) in [7, 11) is 0. The minimum absolute atomic E-state index is 0.0320. The first-order valence-corrected chi connectivity index (χ1v) is 18.0. The van der Waals surface area contributed by atoms with Gasteiger partial charge in [0.2, 0.25) is 11.8 Å². The number of amides is 5. The molecule has 0 spiro atoms. The summed E-state index contributed by atoms with van der Waals surface area (Å²) in [4.78, 5) is 89.1. The Morgan fingerprint density at radius 3 is 2.27 bits per heavy atom. The summed E-state index contributed by atoms with van der Waals surface area (Å²) in [6.07, 6.45) is 2.37. The summed E-state index contributed by atoms with van der Waals surface area (Å²) in [5, 5.41) is 2.65. The van der Waals surface area contributed by atoms with Gasteiger partial charge in [0.25, 0.3) is 11.8 Å². The molecule has 16 heteroatoms. The van der Waals surface area contributed by atoms with E-state index in [4.69, 9.17) is 14.2 Å². The number of halogens is 1. The van der Waals surface area contributed by atoms with E-state index in [9.17, 15) is 28.8 Å². The predicted molar refractivity (Wildman–Crippen MR) is 185 cm³/mol. The number of benzene rings is 1. The Kier molecular flexibility index (Phi) is 12.8. The van der Waals surface area contributed by atoms with E-state index in [0.717, 1.165) is 12.8 Å². The first-order valence-electron chi connectivity index (χ1n) is 18.0.